The zero-order valence-corrected chi connectivity index (χ0v) is 14.3. The summed E-state index contributed by atoms with van der Waals surface area (Å²) in [4.78, 5) is 20.8. The van der Waals surface area contributed by atoms with Crippen LogP contribution < -0.4 is 16.8 Å². The predicted octanol–water partition coefficient (Wildman–Crippen LogP) is 2.32. The lowest BCUT2D eigenvalue weighted by atomic mass is 9.88. The molecule has 0 saturated heterocycles. The molecule has 2 aromatic rings. The molecule has 1 aromatic heterocycles. The molecule has 1 aliphatic carbocycles. The van der Waals surface area contributed by atoms with Crippen LogP contribution in [0.1, 0.15) is 36.9 Å². The van der Waals surface area contributed by atoms with Gasteiger partial charge in [0.25, 0.3) is 0 Å². The van der Waals surface area contributed by atoms with Crippen LogP contribution in [0.3, 0.4) is 0 Å². The molecule has 24 heavy (non-hydrogen) atoms. The summed E-state index contributed by atoms with van der Waals surface area (Å²) in [6.07, 6.45) is 3.11. The number of nitrogens with one attached hydrogen (secondary N) is 1. The van der Waals surface area contributed by atoms with Gasteiger partial charge in [-0.05, 0) is 37.3 Å². The van der Waals surface area contributed by atoms with Gasteiger partial charge < -0.3 is 16.8 Å². The number of nitrogens with two attached hydrogens (primary N) is 2. The Kier molecular flexibility index (Phi) is 4.89. The number of nitrogens with zero attached hydrogens (tertiary/aromatic N) is 2. The highest BCUT2D eigenvalue weighted by molar-refractivity contribution is 8.00. The van der Waals surface area contributed by atoms with E-state index in [2.05, 4.69) is 27.4 Å². The van der Waals surface area contributed by atoms with Gasteiger partial charge in [-0.2, -0.15) is 0 Å². The smallest absolute Gasteiger partial charge is 0.233 e. The quantitative estimate of drug-likeness (QED) is 0.581. The summed E-state index contributed by atoms with van der Waals surface area (Å²) in [6, 6.07) is 9.85. The largest absolute Gasteiger partial charge is 0.383 e. The monoisotopic (exact) mass is 343 g/mol. The number of amides is 1. The summed E-state index contributed by atoms with van der Waals surface area (Å²) in [5.41, 5.74) is 13.9. The van der Waals surface area contributed by atoms with Crippen LogP contribution in [0.25, 0.3) is 0 Å². The third-order valence-electron chi connectivity index (χ3n) is 4.08. The van der Waals surface area contributed by atoms with Crippen LogP contribution in [0.2, 0.25) is 0 Å². The highest BCUT2D eigenvalue weighted by Crippen LogP contribution is 2.30. The predicted molar refractivity (Wildman–Crippen MR) is 96.4 cm³/mol. The van der Waals surface area contributed by atoms with E-state index in [-0.39, 0.29) is 17.2 Å². The molecule has 2 unspecified atom stereocenters. The molecule has 0 fully saturated rings. The maximum atomic E-state index is 12.5. The molecule has 1 heterocycles. The number of aromatic nitrogens is 2. The molecule has 2 atom stereocenters. The van der Waals surface area contributed by atoms with Gasteiger partial charge in [0.15, 0.2) is 5.16 Å². The highest BCUT2D eigenvalue weighted by Gasteiger charge is 2.24. The van der Waals surface area contributed by atoms with Crippen LogP contribution in [0.5, 0.6) is 0 Å². The Balaban J connectivity index is 1.67. The van der Waals surface area contributed by atoms with E-state index in [9.17, 15) is 4.79 Å². The summed E-state index contributed by atoms with van der Waals surface area (Å²) < 4.78 is 0. The average Bonchev–Trinajstić information content (AvgIpc) is 2.54. The van der Waals surface area contributed by atoms with Gasteiger partial charge in [0.2, 0.25) is 5.91 Å². The molecule has 0 spiro atoms. The lowest BCUT2D eigenvalue weighted by Crippen LogP contribution is -2.36. The van der Waals surface area contributed by atoms with Crippen molar-refractivity contribution in [1.29, 1.82) is 0 Å². The molecule has 1 amide bonds. The Morgan fingerprint density at radius 3 is 2.75 bits per heavy atom. The minimum atomic E-state index is -0.333. The third kappa shape index (κ3) is 3.79. The van der Waals surface area contributed by atoms with Crippen LogP contribution >= 0.6 is 11.8 Å². The second-order valence-electron chi connectivity index (χ2n) is 5.91. The molecule has 7 heteroatoms. The van der Waals surface area contributed by atoms with E-state index < -0.39 is 0 Å². The van der Waals surface area contributed by atoms with Crippen LogP contribution in [0, 0.1) is 0 Å². The van der Waals surface area contributed by atoms with Gasteiger partial charge in [-0.3, -0.25) is 4.79 Å². The lowest BCUT2D eigenvalue weighted by Gasteiger charge is -2.27. The van der Waals surface area contributed by atoms with E-state index in [0.29, 0.717) is 16.8 Å². The van der Waals surface area contributed by atoms with Crippen molar-refractivity contribution >= 4 is 29.3 Å². The molecule has 1 aliphatic rings. The van der Waals surface area contributed by atoms with Crippen LogP contribution in [0.15, 0.2) is 35.5 Å². The van der Waals surface area contributed by atoms with Crippen LogP contribution in [-0.4, -0.2) is 21.1 Å². The highest BCUT2D eigenvalue weighted by atomic mass is 32.2. The number of nitrogen functional groups attached to an aromatic ring is 2. The van der Waals surface area contributed by atoms with Crippen molar-refractivity contribution in [2.24, 2.45) is 0 Å². The molecule has 6 nitrogen and oxygen atoms in total. The van der Waals surface area contributed by atoms with Gasteiger partial charge in [0, 0.05) is 6.07 Å². The third-order valence-corrected chi connectivity index (χ3v) is 5.04. The van der Waals surface area contributed by atoms with Gasteiger partial charge in [0.1, 0.15) is 11.6 Å². The van der Waals surface area contributed by atoms with Gasteiger partial charge >= 0.3 is 0 Å². The zero-order valence-electron chi connectivity index (χ0n) is 13.5. The molecule has 0 bridgehead atoms. The van der Waals surface area contributed by atoms with Gasteiger partial charge in [0.05, 0.1) is 11.3 Å². The number of hydrogen-bond donors (Lipinski definition) is 3. The van der Waals surface area contributed by atoms with Crippen molar-refractivity contribution in [3.63, 3.8) is 0 Å². The summed E-state index contributed by atoms with van der Waals surface area (Å²) in [7, 11) is 0. The van der Waals surface area contributed by atoms with E-state index in [0.717, 1.165) is 19.3 Å². The molecule has 0 aliphatic heterocycles. The first-order valence-electron chi connectivity index (χ1n) is 7.98. The van der Waals surface area contributed by atoms with E-state index in [1.165, 1.54) is 29.0 Å². The van der Waals surface area contributed by atoms with Gasteiger partial charge in [-0.25, -0.2) is 9.97 Å². The number of thioether (sulfide) groups is 1. The minimum Gasteiger partial charge on any atom is -0.383 e. The fourth-order valence-corrected chi connectivity index (χ4v) is 3.73. The zero-order chi connectivity index (χ0) is 17.1. The second-order valence-corrected chi connectivity index (χ2v) is 7.22. The number of fused-ring (bicyclic) bond motifs is 1. The average molecular weight is 343 g/mol. The van der Waals surface area contributed by atoms with E-state index in [1.807, 2.05) is 19.1 Å². The summed E-state index contributed by atoms with van der Waals surface area (Å²) in [5, 5.41) is 3.23. The summed E-state index contributed by atoms with van der Waals surface area (Å²) in [6.45, 7) is 1.83. The van der Waals surface area contributed by atoms with Gasteiger partial charge in [-0.15, -0.1) is 0 Å². The molecular formula is C17H21N5OS. The number of carbonyl (C=O) groups excluding carboxylic acids is 1. The lowest BCUT2D eigenvalue weighted by molar-refractivity contribution is -0.121. The van der Waals surface area contributed by atoms with Crippen molar-refractivity contribution < 1.29 is 4.79 Å². The molecular weight excluding hydrogens is 322 g/mol. The fourth-order valence-electron chi connectivity index (χ4n) is 2.92. The van der Waals surface area contributed by atoms with Crippen molar-refractivity contribution in [2.45, 2.75) is 42.6 Å². The van der Waals surface area contributed by atoms with Crippen molar-refractivity contribution in [1.82, 2.24) is 15.3 Å². The van der Waals surface area contributed by atoms with E-state index >= 15 is 0 Å². The standard InChI is InChI=1S/C17H21N5OS/c1-10(24-17-21-14(18)9-15(19)22-17)16(23)20-13-8-4-6-11-5-2-3-7-12(11)13/h2-3,5,7,9-10,13H,4,6,8H2,1H3,(H,20,23)(H4,18,19,21,22). The topological polar surface area (TPSA) is 107 Å². The molecule has 0 saturated carbocycles. The maximum Gasteiger partial charge on any atom is 0.233 e. The first-order chi connectivity index (χ1) is 11.5. The number of rotatable bonds is 4. The SMILES string of the molecule is CC(Sc1nc(N)cc(N)n1)C(=O)NC1CCCc2ccccc21. The Labute approximate surface area is 145 Å². The number of hydrogen-bond acceptors (Lipinski definition) is 6. The number of benzene rings is 1. The van der Waals surface area contributed by atoms with Crippen molar-refractivity contribution in [2.75, 3.05) is 11.5 Å². The molecule has 5 N–H and O–H groups in total. The first kappa shape index (κ1) is 16.6. The Morgan fingerprint density at radius 2 is 2.00 bits per heavy atom. The second kappa shape index (κ2) is 7.09. The fraction of sp³-hybridized carbons (Fsp3) is 0.353. The normalized spacial score (nSPS) is 17.8. The molecule has 0 radical (unpaired) electrons. The Bertz CT molecular complexity index is 731. The summed E-state index contributed by atoms with van der Waals surface area (Å²) in [5.74, 6) is 0.573. The minimum absolute atomic E-state index is 0.0358. The molecule has 1 aromatic carbocycles. The van der Waals surface area contributed by atoms with Crippen molar-refractivity contribution in [3.05, 3.63) is 41.5 Å². The van der Waals surface area contributed by atoms with Gasteiger partial charge in [-0.1, -0.05) is 36.0 Å². The van der Waals surface area contributed by atoms with Crippen LogP contribution in [-0.2, 0) is 11.2 Å². The Hall–Kier alpha value is -2.28. The van der Waals surface area contributed by atoms with Crippen molar-refractivity contribution in [3.8, 4) is 0 Å². The number of anilines is 2. The van der Waals surface area contributed by atoms with Crippen LogP contribution in [0.4, 0.5) is 11.6 Å². The molecule has 3 rings (SSSR count). The maximum absolute atomic E-state index is 12.5. The number of aryl methyl sites for hydroxylation is 1. The summed E-state index contributed by atoms with van der Waals surface area (Å²) >= 11 is 1.26. The van der Waals surface area contributed by atoms with E-state index in [1.54, 1.807) is 0 Å². The first-order valence-corrected chi connectivity index (χ1v) is 8.86. The Morgan fingerprint density at radius 1 is 1.29 bits per heavy atom. The number of carbonyl (C=O) groups is 1. The molecule has 126 valence electrons. The van der Waals surface area contributed by atoms with E-state index in [4.69, 9.17) is 11.5 Å².